The molecule has 1 aliphatic heterocycles. The quantitative estimate of drug-likeness (QED) is 0.773. The Balaban J connectivity index is 2.18. The second-order valence-corrected chi connectivity index (χ2v) is 8.35. The van der Waals surface area contributed by atoms with Crippen molar-refractivity contribution in [2.75, 3.05) is 6.61 Å². The first kappa shape index (κ1) is 19.3. The standard InChI is InChI=1S/C19H33NO4/c1-18(2,3)24-17(22)20-15(13-23-19(20,4)5)16(21)14-11-9-7-6-8-10-12-14/h11,15-16,21H,6-10,12-13H2,1-5H3/b14-11+/t15-,16+/m0/s1. The number of carbonyl (C=O) groups excluding carboxylic acids is 1. The first-order chi connectivity index (χ1) is 11.1. The summed E-state index contributed by atoms with van der Waals surface area (Å²) in [4.78, 5) is 14.3. The fraction of sp³-hybridized carbons (Fsp3) is 0.842. The Morgan fingerprint density at radius 1 is 1.33 bits per heavy atom. The molecule has 0 aromatic heterocycles. The van der Waals surface area contributed by atoms with Gasteiger partial charge in [-0.25, -0.2) is 4.79 Å². The number of carbonyl (C=O) groups is 1. The highest BCUT2D eigenvalue weighted by Gasteiger charge is 2.48. The van der Waals surface area contributed by atoms with Gasteiger partial charge in [0.1, 0.15) is 11.3 Å². The predicted molar refractivity (Wildman–Crippen MR) is 93.7 cm³/mol. The van der Waals surface area contributed by atoms with Crippen LogP contribution in [0.25, 0.3) is 0 Å². The highest BCUT2D eigenvalue weighted by molar-refractivity contribution is 5.70. The van der Waals surface area contributed by atoms with Crippen molar-refractivity contribution in [2.45, 2.75) is 96.6 Å². The van der Waals surface area contributed by atoms with Crippen molar-refractivity contribution in [3.05, 3.63) is 11.6 Å². The lowest BCUT2D eigenvalue weighted by Gasteiger charge is -2.37. The van der Waals surface area contributed by atoms with Gasteiger partial charge >= 0.3 is 6.09 Å². The number of ether oxygens (including phenoxy) is 2. The average molecular weight is 339 g/mol. The summed E-state index contributed by atoms with van der Waals surface area (Å²) >= 11 is 0. The zero-order chi connectivity index (χ0) is 18.0. The Morgan fingerprint density at radius 2 is 2.00 bits per heavy atom. The molecule has 138 valence electrons. The fourth-order valence-electron chi connectivity index (χ4n) is 3.46. The van der Waals surface area contributed by atoms with E-state index in [-0.39, 0.29) is 0 Å². The van der Waals surface area contributed by atoms with E-state index < -0.39 is 29.6 Å². The van der Waals surface area contributed by atoms with Crippen LogP contribution in [0.15, 0.2) is 11.6 Å². The molecule has 1 amide bonds. The molecule has 5 nitrogen and oxygen atoms in total. The summed E-state index contributed by atoms with van der Waals surface area (Å²) < 4.78 is 11.4. The van der Waals surface area contributed by atoms with E-state index in [0.717, 1.165) is 24.8 Å². The Labute approximate surface area is 146 Å². The molecule has 1 fully saturated rings. The molecule has 24 heavy (non-hydrogen) atoms. The summed E-state index contributed by atoms with van der Waals surface area (Å²) in [5.74, 6) is 0. The van der Waals surface area contributed by atoms with E-state index in [0.29, 0.717) is 6.61 Å². The van der Waals surface area contributed by atoms with E-state index in [1.54, 1.807) is 4.90 Å². The van der Waals surface area contributed by atoms with Crippen LogP contribution in [0.1, 0.15) is 73.1 Å². The molecule has 0 spiro atoms. The van der Waals surface area contributed by atoms with E-state index >= 15 is 0 Å². The third kappa shape index (κ3) is 4.73. The second-order valence-electron chi connectivity index (χ2n) is 8.35. The monoisotopic (exact) mass is 339 g/mol. The summed E-state index contributed by atoms with van der Waals surface area (Å²) in [6, 6.07) is -0.402. The van der Waals surface area contributed by atoms with Gasteiger partial charge < -0.3 is 14.6 Å². The molecule has 0 saturated carbocycles. The van der Waals surface area contributed by atoms with Crippen LogP contribution in [0.3, 0.4) is 0 Å². The van der Waals surface area contributed by atoms with Crippen LogP contribution < -0.4 is 0 Å². The SMILES string of the molecule is CC(C)(C)OC(=O)N1[C@H]([C@H](O)/C2=C/CCCCCC2)COC1(C)C. The molecule has 1 N–H and O–H groups in total. The lowest BCUT2D eigenvalue weighted by Crippen LogP contribution is -2.53. The van der Waals surface area contributed by atoms with E-state index in [4.69, 9.17) is 9.47 Å². The molecular formula is C19H33NO4. The maximum Gasteiger partial charge on any atom is 0.413 e. The predicted octanol–water partition coefficient (Wildman–Crippen LogP) is 4.00. The number of allylic oxidation sites excluding steroid dienone is 1. The molecule has 0 unspecified atom stereocenters. The Kier molecular flexibility index (Phi) is 5.97. The van der Waals surface area contributed by atoms with E-state index in [1.165, 1.54) is 19.3 Å². The van der Waals surface area contributed by atoms with Gasteiger partial charge in [-0.3, -0.25) is 4.90 Å². The van der Waals surface area contributed by atoms with Crippen LogP contribution in [0, 0.1) is 0 Å². The zero-order valence-corrected chi connectivity index (χ0v) is 15.8. The number of hydrogen-bond acceptors (Lipinski definition) is 4. The molecule has 0 bridgehead atoms. The molecule has 2 rings (SSSR count). The van der Waals surface area contributed by atoms with Gasteiger partial charge in [0.2, 0.25) is 0 Å². The van der Waals surface area contributed by atoms with Gasteiger partial charge in [0, 0.05) is 0 Å². The molecule has 5 heteroatoms. The lowest BCUT2D eigenvalue weighted by atomic mass is 9.92. The maximum absolute atomic E-state index is 12.7. The molecule has 0 aromatic carbocycles. The first-order valence-corrected chi connectivity index (χ1v) is 9.15. The second kappa shape index (κ2) is 7.44. The van der Waals surface area contributed by atoms with Crippen LogP contribution in [-0.2, 0) is 9.47 Å². The number of nitrogens with zero attached hydrogens (tertiary/aromatic N) is 1. The molecule has 0 radical (unpaired) electrons. The van der Waals surface area contributed by atoms with Gasteiger partial charge in [-0.1, -0.05) is 18.9 Å². The van der Waals surface area contributed by atoms with Crippen molar-refractivity contribution in [2.24, 2.45) is 0 Å². The average Bonchev–Trinajstić information content (AvgIpc) is 2.71. The van der Waals surface area contributed by atoms with Crippen LogP contribution in [0.4, 0.5) is 4.79 Å². The molecule has 1 saturated heterocycles. The number of amides is 1. The summed E-state index contributed by atoms with van der Waals surface area (Å²) in [6.45, 7) is 9.55. The molecule has 1 aliphatic carbocycles. The van der Waals surface area contributed by atoms with Gasteiger partial charge in [0.05, 0.1) is 18.8 Å². The fourth-order valence-corrected chi connectivity index (χ4v) is 3.46. The van der Waals surface area contributed by atoms with Gasteiger partial charge in [-0.15, -0.1) is 0 Å². The minimum Gasteiger partial charge on any atom is -0.444 e. The summed E-state index contributed by atoms with van der Waals surface area (Å²) in [5, 5.41) is 10.9. The van der Waals surface area contributed by atoms with Crippen LogP contribution in [0.2, 0.25) is 0 Å². The van der Waals surface area contributed by atoms with Crippen LogP contribution in [0.5, 0.6) is 0 Å². The van der Waals surface area contributed by atoms with Crippen molar-refractivity contribution in [3.63, 3.8) is 0 Å². The van der Waals surface area contributed by atoms with Gasteiger partial charge in [0.25, 0.3) is 0 Å². The highest BCUT2D eigenvalue weighted by Crippen LogP contribution is 2.34. The molecule has 1 heterocycles. The largest absolute Gasteiger partial charge is 0.444 e. The third-order valence-corrected chi connectivity index (χ3v) is 4.68. The van der Waals surface area contributed by atoms with Gasteiger partial charge in [-0.2, -0.15) is 0 Å². The van der Waals surface area contributed by atoms with E-state index in [9.17, 15) is 9.90 Å². The van der Waals surface area contributed by atoms with E-state index in [2.05, 4.69) is 6.08 Å². The Morgan fingerprint density at radius 3 is 2.67 bits per heavy atom. The van der Waals surface area contributed by atoms with E-state index in [1.807, 2.05) is 34.6 Å². The van der Waals surface area contributed by atoms with Gasteiger partial charge in [-0.05, 0) is 65.9 Å². The zero-order valence-electron chi connectivity index (χ0n) is 15.8. The first-order valence-electron chi connectivity index (χ1n) is 9.15. The normalized spacial score (nSPS) is 28.5. The lowest BCUT2D eigenvalue weighted by molar-refractivity contribution is -0.0665. The molecule has 2 aliphatic rings. The van der Waals surface area contributed by atoms with Crippen molar-refractivity contribution in [3.8, 4) is 0 Å². The third-order valence-electron chi connectivity index (χ3n) is 4.68. The van der Waals surface area contributed by atoms with Crippen molar-refractivity contribution >= 4 is 6.09 Å². The number of aliphatic hydroxyl groups is 1. The van der Waals surface area contributed by atoms with Crippen molar-refractivity contribution in [1.29, 1.82) is 0 Å². The molecule has 2 atom stereocenters. The summed E-state index contributed by atoms with van der Waals surface area (Å²) in [5.41, 5.74) is -0.324. The highest BCUT2D eigenvalue weighted by atomic mass is 16.6. The van der Waals surface area contributed by atoms with Gasteiger partial charge in [0.15, 0.2) is 0 Å². The van der Waals surface area contributed by atoms with Crippen molar-refractivity contribution in [1.82, 2.24) is 4.90 Å². The summed E-state index contributed by atoms with van der Waals surface area (Å²) in [6.07, 6.45) is 7.62. The molecular weight excluding hydrogens is 306 g/mol. The molecule has 0 aromatic rings. The smallest absolute Gasteiger partial charge is 0.413 e. The maximum atomic E-state index is 12.7. The number of rotatable bonds is 2. The van der Waals surface area contributed by atoms with Crippen molar-refractivity contribution < 1.29 is 19.4 Å². The number of hydrogen-bond donors (Lipinski definition) is 1. The Hall–Kier alpha value is -1.07. The van der Waals surface area contributed by atoms with Crippen LogP contribution in [-0.4, -0.2) is 46.2 Å². The van der Waals surface area contributed by atoms with Crippen LogP contribution >= 0.6 is 0 Å². The Bertz CT molecular complexity index is 478. The summed E-state index contributed by atoms with van der Waals surface area (Å²) in [7, 11) is 0. The minimum absolute atomic E-state index is 0.324. The number of aliphatic hydroxyl groups excluding tert-OH is 1. The topological polar surface area (TPSA) is 59.0 Å². The minimum atomic E-state index is -0.782.